The first-order valence-electron chi connectivity index (χ1n) is 9.69. The van der Waals surface area contributed by atoms with Crippen LogP contribution in [-0.2, 0) is 6.54 Å². The van der Waals surface area contributed by atoms with Gasteiger partial charge in [0.05, 0.1) is 12.2 Å². The van der Waals surface area contributed by atoms with Crippen molar-refractivity contribution in [3.8, 4) is 0 Å². The summed E-state index contributed by atoms with van der Waals surface area (Å²) in [5.74, 6) is 1.35. The molecule has 0 bridgehead atoms. The van der Waals surface area contributed by atoms with Crippen LogP contribution in [0.3, 0.4) is 0 Å². The third-order valence-corrected chi connectivity index (χ3v) is 5.84. The molecular formula is C19H36IN5S. The maximum Gasteiger partial charge on any atom is 0.191 e. The molecule has 0 atom stereocenters. The van der Waals surface area contributed by atoms with E-state index in [2.05, 4.69) is 51.8 Å². The lowest BCUT2D eigenvalue weighted by Crippen LogP contribution is -2.39. The maximum atomic E-state index is 4.65. The molecule has 1 fully saturated rings. The second-order valence-corrected chi connectivity index (χ2v) is 8.24. The van der Waals surface area contributed by atoms with E-state index in [4.69, 9.17) is 0 Å². The number of hydrogen-bond acceptors (Lipinski definition) is 4. The molecule has 0 aliphatic heterocycles. The summed E-state index contributed by atoms with van der Waals surface area (Å²) in [4.78, 5) is 11.5. The van der Waals surface area contributed by atoms with Crippen molar-refractivity contribution in [1.82, 2.24) is 20.5 Å². The highest BCUT2D eigenvalue weighted by Crippen LogP contribution is 2.21. The number of aliphatic imine (C=N–C) groups is 1. The molecule has 0 unspecified atom stereocenters. The van der Waals surface area contributed by atoms with Gasteiger partial charge in [-0.05, 0) is 38.8 Å². The average Bonchev–Trinajstić information content (AvgIpc) is 3.11. The lowest BCUT2D eigenvalue weighted by atomic mass is 9.94. The number of nitrogens with zero attached hydrogens (tertiary/aromatic N) is 3. The molecule has 0 saturated heterocycles. The van der Waals surface area contributed by atoms with Gasteiger partial charge < -0.3 is 15.5 Å². The van der Waals surface area contributed by atoms with E-state index in [-0.39, 0.29) is 24.0 Å². The molecule has 5 nitrogen and oxygen atoms in total. The van der Waals surface area contributed by atoms with Crippen molar-refractivity contribution < 1.29 is 0 Å². The molecule has 1 aliphatic carbocycles. The second kappa shape index (κ2) is 12.9. The summed E-state index contributed by atoms with van der Waals surface area (Å²) < 4.78 is 0. The van der Waals surface area contributed by atoms with E-state index in [0.29, 0.717) is 5.92 Å². The van der Waals surface area contributed by atoms with E-state index in [0.717, 1.165) is 43.1 Å². The van der Waals surface area contributed by atoms with Crippen LogP contribution < -0.4 is 10.6 Å². The second-order valence-electron chi connectivity index (χ2n) is 7.30. The van der Waals surface area contributed by atoms with Gasteiger partial charge in [0.15, 0.2) is 5.96 Å². The van der Waals surface area contributed by atoms with Crippen LogP contribution in [0.15, 0.2) is 10.4 Å². The van der Waals surface area contributed by atoms with Gasteiger partial charge in [-0.15, -0.1) is 35.3 Å². The molecule has 2 rings (SSSR count). The van der Waals surface area contributed by atoms with E-state index in [9.17, 15) is 0 Å². The zero-order valence-electron chi connectivity index (χ0n) is 16.8. The smallest absolute Gasteiger partial charge is 0.191 e. The molecule has 1 aromatic heterocycles. The van der Waals surface area contributed by atoms with Crippen molar-refractivity contribution in [1.29, 1.82) is 0 Å². The zero-order chi connectivity index (χ0) is 18.1. The highest BCUT2D eigenvalue weighted by atomic mass is 127. The Bertz CT molecular complexity index is 526. The number of hydrogen-bond donors (Lipinski definition) is 2. The number of aromatic nitrogens is 1. The zero-order valence-corrected chi connectivity index (χ0v) is 19.9. The molecule has 1 heterocycles. The lowest BCUT2D eigenvalue weighted by molar-refractivity contribution is 0.190. The van der Waals surface area contributed by atoms with Crippen LogP contribution in [0.4, 0.5) is 0 Å². The molecule has 0 aromatic carbocycles. The summed E-state index contributed by atoms with van der Waals surface area (Å²) in [7, 11) is 4.10. The van der Waals surface area contributed by atoms with Crippen LogP contribution in [0.2, 0.25) is 0 Å². The Morgan fingerprint density at radius 3 is 2.65 bits per heavy atom. The Balaban J connectivity index is 0.00000338. The number of halogens is 1. The van der Waals surface area contributed by atoms with Gasteiger partial charge in [-0.25, -0.2) is 4.98 Å². The van der Waals surface area contributed by atoms with Gasteiger partial charge in [-0.1, -0.05) is 33.1 Å². The highest BCUT2D eigenvalue weighted by Gasteiger charge is 2.17. The minimum atomic E-state index is 0. The van der Waals surface area contributed by atoms with Crippen LogP contribution in [0.5, 0.6) is 0 Å². The molecule has 0 radical (unpaired) electrons. The van der Waals surface area contributed by atoms with Crippen molar-refractivity contribution in [2.24, 2.45) is 4.99 Å². The predicted octanol–water partition coefficient (Wildman–Crippen LogP) is 4.20. The average molecular weight is 494 g/mol. The van der Waals surface area contributed by atoms with Gasteiger partial charge in [0.2, 0.25) is 0 Å². The van der Waals surface area contributed by atoms with Gasteiger partial charge in [0.1, 0.15) is 5.01 Å². The predicted molar refractivity (Wildman–Crippen MR) is 124 cm³/mol. The Morgan fingerprint density at radius 2 is 2.04 bits per heavy atom. The van der Waals surface area contributed by atoms with Gasteiger partial charge >= 0.3 is 0 Å². The topological polar surface area (TPSA) is 52.6 Å². The van der Waals surface area contributed by atoms with E-state index in [1.807, 2.05) is 7.05 Å². The van der Waals surface area contributed by atoms with Gasteiger partial charge in [-0.2, -0.15) is 0 Å². The molecule has 2 N–H and O–H groups in total. The quantitative estimate of drug-likeness (QED) is 0.247. The standard InChI is InChI=1S/C19H35N5S.HI/c1-15(2)17-14-25-18(23-17)13-22-19(20-3)21-11-8-12-24(4)16-9-6-5-7-10-16;/h14-16H,5-13H2,1-4H3,(H2,20,21,22);1H. The van der Waals surface area contributed by atoms with Gasteiger partial charge in [0.25, 0.3) is 0 Å². The van der Waals surface area contributed by atoms with Gasteiger partial charge in [-0.3, -0.25) is 4.99 Å². The molecule has 0 amide bonds. The molecule has 7 heteroatoms. The van der Waals surface area contributed by atoms with Crippen molar-refractivity contribution >= 4 is 41.3 Å². The SMILES string of the molecule is CN=C(NCCCN(C)C1CCCCC1)NCc1nc(C(C)C)cs1.I. The maximum absolute atomic E-state index is 4.65. The minimum absolute atomic E-state index is 0. The first-order chi connectivity index (χ1) is 12.1. The summed E-state index contributed by atoms with van der Waals surface area (Å²) >= 11 is 1.72. The first kappa shape index (κ1) is 23.6. The normalized spacial score (nSPS) is 16.0. The number of guanidine groups is 1. The molecule has 1 saturated carbocycles. The summed E-state index contributed by atoms with van der Waals surface area (Å²) in [6.07, 6.45) is 8.12. The van der Waals surface area contributed by atoms with Crippen LogP contribution >= 0.6 is 35.3 Å². The number of nitrogens with one attached hydrogen (secondary N) is 2. The van der Waals surface area contributed by atoms with Crippen molar-refractivity contribution in [2.75, 3.05) is 27.2 Å². The van der Waals surface area contributed by atoms with Crippen LogP contribution in [-0.4, -0.2) is 49.1 Å². The highest BCUT2D eigenvalue weighted by molar-refractivity contribution is 14.0. The van der Waals surface area contributed by atoms with E-state index >= 15 is 0 Å². The summed E-state index contributed by atoms with van der Waals surface area (Å²) in [6, 6.07) is 0.797. The molecule has 1 aromatic rings. The molecule has 26 heavy (non-hydrogen) atoms. The monoisotopic (exact) mass is 493 g/mol. The summed E-state index contributed by atoms with van der Waals surface area (Å²) in [6.45, 7) is 7.19. The lowest BCUT2D eigenvalue weighted by Gasteiger charge is -2.31. The Morgan fingerprint density at radius 1 is 1.31 bits per heavy atom. The number of thiazole rings is 1. The van der Waals surface area contributed by atoms with Crippen LogP contribution in [0.25, 0.3) is 0 Å². The first-order valence-corrected chi connectivity index (χ1v) is 10.6. The Labute approximate surface area is 180 Å². The fourth-order valence-corrected chi connectivity index (χ4v) is 4.19. The van der Waals surface area contributed by atoms with Crippen LogP contribution in [0, 0.1) is 0 Å². The van der Waals surface area contributed by atoms with E-state index in [1.54, 1.807) is 11.3 Å². The van der Waals surface area contributed by atoms with Gasteiger partial charge in [0, 0.05) is 25.0 Å². The third kappa shape index (κ3) is 8.08. The van der Waals surface area contributed by atoms with Crippen molar-refractivity contribution in [2.45, 2.75) is 70.9 Å². The van der Waals surface area contributed by atoms with E-state index < -0.39 is 0 Å². The molecular weight excluding hydrogens is 457 g/mol. The molecule has 0 spiro atoms. The fraction of sp³-hybridized carbons (Fsp3) is 0.789. The van der Waals surface area contributed by atoms with Crippen molar-refractivity contribution in [3.63, 3.8) is 0 Å². The summed E-state index contributed by atoms with van der Waals surface area (Å²) in [5.41, 5.74) is 1.18. The largest absolute Gasteiger partial charge is 0.356 e. The molecule has 150 valence electrons. The summed E-state index contributed by atoms with van der Waals surface area (Å²) in [5, 5.41) is 10.0. The van der Waals surface area contributed by atoms with Crippen LogP contribution in [0.1, 0.15) is 69.0 Å². The molecule has 1 aliphatic rings. The minimum Gasteiger partial charge on any atom is -0.356 e. The Kier molecular flexibility index (Phi) is 11.7. The Hall–Kier alpha value is -0.410. The van der Waals surface area contributed by atoms with Crippen molar-refractivity contribution in [3.05, 3.63) is 16.1 Å². The van der Waals surface area contributed by atoms with E-state index in [1.165, 1.54) is 37.8 Å². The number of rotatable bonds is 8. The third-order valence-electron chi connectivity index (χ3n) is 4.97. The fourth-order valence-electron chi connectivity index (χ4n) is 3.29.